The molecule has 5 heteroatoms. The monoisotopic (exact) mass is 390 g/mol. The zero-order valence-electron chi connectivity index (χ0n) is 16.9. The SMILES string of the molecule is CC1CN(CCc2cc3cc(-c4c[nH]c5cc(F)ccc45)ccc3[nH]2)CC(C)N1. The first-order valence-electron chi connectivity index (χ1n) is 10.4. The number of nitrogens with zero attached hydrogens (tertiary/aromatic N) is 1. The van der Waals surface area contributed by atoms with Crippen LogP contribution in [0.3, 0.4) is 0 Å². The van der Waals surface area contributed by atoms with E-state index in [1.165, 1.54) is 17.1 Å². The molecular weight excluding hydrogens is 363 g/mol. The fraction of sp³-hybridized carbons (Fsp3) is 0.333. The molecular formula is C24H27FN4. The van der Waals surface area contributed by atoms with Crippen molar-refractivity contribution in [1.82, 2.24) is 20.2 Å². The van der Waals surface area contributed by atoms with Gasteiger partial charge in [0, 0.05) is 77.4 Å². The van der Waals surface area contributed by atoms with Crippen LogP contribution in [0.15, 0.2) is 48.7 Å². The van der Waals surface area contributed by atoms with Crippen LogP contribution in [0.2, 0.25) is 0 Å². The maximum atomic E-state index is 13.5. The number of rotatable bonds is 4. The lowest BCUT2D eigenvalue weighted by molar-refractivity contribution is 0.175. The summed E-state index contributed by atoms with van der Waals surface area (Å²) in [7, 11) is 0. The second-order valence-corrected chi connectivity index (χ2v) is 8.47. The molecule has 0 amide bonds. The van der Waals surface area contributed by atoms with Crippen molar-refractivity contribution in [2.45, 2.75) is 32.4 Å². The number of halogens is 1. The van der Waals surface area contributed by atoms with E-state index >= 15 is 0 Å². The number of fused-ring (bicyclic) bond motifs is 2. The van der Waals surface area contributed by atoms with Gasteiger partial charge in [0.1, 0.15) is 5.82 Å². The molecule has 1 aliphatic rings. The van der Waals surface area contributed by atoms with Crippen LogP contribution in [0, 0.1) is 5.82 Å². The minimum absolute atomic E-state index is 0.218. The average molecular weight is 391 g/mol. The Morgan fingerprint density at radius 2 is 1.83 bits per heavy atom. The summed E-state index contributed by atoms with van der Waals surface area (Å²) in [6.45, 7) is 7.80. The van der Waals surface area contributed by atoms with Gasteiger partial charge >= 0.3 is 0 Å². The van der Waals surface area contributed by atoms with Gasteiger partial charge in [-0.25, -0.2) is 4.39 Å². The van der Waals surface area contributed by atoms with Crippen LogP contribution in [0.25, 0.3) is 32.9 Å². The number of aromatic amines is 2. The molecule has 0 radical (unpaired) electrons. The third kappa shape index (κ3) is 3.68. The lowest BCUT2D eigenvalue weighted by Crippen LogP contribution is -2.54. The molecule has 1 aliphatic heterocycles. The predicted molar refractivity (Wildman–Crippen MR) is 118 cm³/mol. The summed E-state index contributed by atoms with van der Waals surface area (Å²) in [5.41, 5.74) is 5.52. The van der Waals surface area contributed by atoms with Crippen molar-refractivity contribution in [3.8, 4) is 11.1 Å². The zero-order valence-corrected chi connectivity index (χ0v) is 16.9. The van der Waals surface area contributed by atoms with E-state index in [0.29, 0.717) is 12.1 Å². The van der Waals surface area contributed by atoms with Crippen LogP contribution in [-0.4, -0.2) is 46.6 Å². The van der Waals surface area contributed by atoms with E-state index in [-0.39, 0.29) is 5.82 Å². The van der Waals surface area contributed by atoms with Gasteiger partial charge in [-0.3, -0.25) is 4.90 Å². The maximum absolute atomic E-state index is 13.5. The average Bonchev–Trinajstić information content (AvgIpc) is 3.28. The first kappa shape index (κ1) is 18.4. The number of piperazine rings is 1. The molecule has 5 rings (SSSR count). The Bertz CT molecular complexity index is 1150. The van der Waals surface area contributed by atoms with Gasteiger partial charge in [0.15, 0.2) is 0 Å². The topological polar surface area (TPSA) is 46.9 Å². The molecule has 1 saturated heterocycles. The molecule has 2 unspecified atom stereocenters. The van der Waals surface area contributed by atoms with E-state index in [1.54, 1.807) is 6.07 Å². The second kappa shape index (κ2) is 7.32. The van der Waals surface area contributed by atoms with E-state index < -0.39 is 0 Å². The van der Waals surface area contributed by atoms with Gasteiger partial charge in [-0.1, -0.05) is 6.07 Å². The van der Waals surface area contributed by atoms with Crippen molar-refractivity contribution < 1.29 is 4.39 Å². The van der Waals surface area contributed by atoms with Gasteiger partial charge in [-0.05, 0) is 55.8 Å². The van der Waals surface area contributed by atoms with Gasteiger partial charge in [0.25, 0.3) is 0 Å². The molecule has 0 bridgehead atoms. The summed E-state index contributed by atoms with van der Waals surface area (Å²) in [5, 5.41) is 5.85. The summed E-state index contributed by atoms with van der Waals surface area (Å²) >= 11 is 0. The molecule has 2 atom stereocenters. The number of aromatic nitrogens is 2. The summed E-state index contributed by atoms with van der Waals surface area (Å²) in [4.78, 5) is 9.31. The van der Waals surface area contributed by atoms with Crippen LogP contribution < -0.4 is 5.32 Å². The third-order valence-corrected chi connectivity index (χ3v) is 5.96. The smallest absolute Gasteiger partial charge is 0.125 e. The highest BCUT2D eigenvalue weighted by molar-refractivity contribution is 5.97. The Kier molecular flexibility index (Phi) is 4.64. The van der Waals surface area contributed by atoms with Crippen LogP contribution in [0.1, 0.15) is 19.5 Å². The van der Waals surface area contributed by atoms with E-state index in [2.05, 4.69) is 58.3 Å². The fourth-order valence-electron chi connectivity index (χ4n) is 4.73. The molecule has 3 heterocycles. The van der Waals surface area contributed by atoms with Gasteiger partial charge in [-0.2, -0.15) is 0 Å². The lowest BCUT2D eigenvalue weighted by atomic mass is 10.0. The number of benzene rings is 2. The van der Waals surface area contributed by atoms with Gasteiger partial charge < -0.3 is 15.3 Å². The largest absolute Gasteiger partial charge is 0.360 e. The zero-order chi connectivity index (χ0) is 20.0. The van der Waals surface area contributed by atoms with E-state index in [4.69, 9.17) is 0 Å². The lowest BCUT2D eigenvalue weighted by Gasteiger charge is -2.36. The first-order chi connectivity index (χ1) is 14.0. The van der Waals surface area contributed by atoms with Crippen molar-refractivity contribution in [1.29, 1.82) is 0 Å². The first-order valence-corrected chi connectivity index (χ1v) is 10.4. The van der Waals surface area contributed by atoms with Crippen LogP contribution in [-0.2, 0) is 6.42 Å². The Morgan fingerprint density at radius 3 is 2.66 bits per heavy atom. The normalized spacial score (nSPS) is 20.7. The molecule has 0 spiro atoms. The molecule has 0 aliphatic carbocycles. The van der Waals surface area contributed by atoms with Crippen molar-refractivity contribution in [3.63, 3.8) is 0 Å². The summed E-state index contributed by atoms with van der Waals surface area (Å²) in [6, 6.07) is 14.8. The number of hydrogen-bond donors (Lipinski definition) is 3. The molecule has 1 fully saturated rings. The molecule has 29 heavy (non-hydrogen) atoms. The van der Waals surface area contributed by atoms with Crippen molar-refractivity contribution in [2.75, 3.05) is 19.6 Å². The van der Waals surface area contributed by atoms with Gasteiger partial charge in [-0.15, -0.1) is 0 Å². The molecule has 2 aromatic carbocycles. The number of H-pyrrole nitrogens is 2. The standard InChI is InChI=1S/C24H27FN4/c1-15-13-29(14-16(2)27-15)8-7-20-10-18-9-17(3-6-23(18)28-20)22-12-26-24-11-19(25)4-5-21(22)24/h3-6,9-12,15-16,26-28H,7-8,13-14H2,1-2H3. The summed E-state index contributed by atoms with van der Waals surface area (Å²) in [6.07, 6.45) is 2.99. The molecule has 3 N–H and O–H groups in total. The second-order valence-electron chi connectivity index (χ2n) is 8.47. The molecule has 2 aromatic heterocycles. The minimum Gasteiger partial charge on any atom is -0.360 e. The predicted octanol–water partition coefficient (Wildman–Crippen LogP) is 4.68. The molecule has 150 valence electrons. The van der Waals surface area contributed by atoms with Crippen molar-refractivity contribution in [2.24, 2.45) is 0 Å². The van der Waals surface area contributed by atoms with Gasteiger partial charge in [0.05, 0.1) is 0 Å². The number of nitrogens with one attached hydrogen (secondary N) is 3. The highest BCUT2D eigenvalue weighted by atomic mass is 19.1. The number of hydrogen-bond acceptors (Lipinski definition) is 2. The highest BCUT2D eigenvalue weighted by Gasteiger charge is 2.20. The quantitative estimate of drug-likeness (QED) is 0.474. The fourth-order valence-corrected chi connectivity index (χ4v) is 4.73. The van der Waals surface area contributed by atoms with Crippen LogP contribution >= 0.6 is 0 Å². The summed E-state index contributed by atoms with van der Waals surface area (Å²) < 4.78 is 13.5. The van der Waals surface area contributed by atoms with Gasteiger partial charge in [0.2, 0.25) is 0 Å². The van der Waals surface area contributed by atoms with E-state index in [1.807, 2.05) is 12.3 Å². The van der Waals surface area contributed by atoms with Crippen molar-refractivity contribution in [3.05, 3.63) is 60.2 Å². The molecule has 0 saturated carbocycles. The Balaban J connectivity index is 1.37. The van der Waals surface area contributed by atoms with E-state index in [0.717, 1.165) is 53.6 Å². The highest BCUT2D eigenvalue weighted by Crippen LogP contribution is 2.31. The molecule has 4 nitrogen and oxygen atoms in total. The molecule has 4 aromatic rings. The third-order valence-electron chi connectivity index (χ3n) is 5.96. The maximum Gasteiger partial charge on any atom is 0.125 e. The van der Waals surface area contributed by atoms with E-state index in [9.17, 15) is 4.39 Å². The van der Waals surface area contributed by atoms with Crippen LogP contribution in [0.4, 0.5) is 4.39 Å². The Hall–Kier alpha value is -2.63. The minimum atomic E-state index is -0.218. The van der Waals surface area contributed by atoms with Crippen molar-refractivity contribution >= 4 is 21.8 Å². The Morgan fingerprint density at radius 1 is 1.00 bits per heavy atom. The Labute approximate surface area is 170 Å². The van der Waals surface area contributed by atoms with Crippen LogP contribution in [0.5, 0.6) is 0 Å². The summed E-state index contributed by atoms with van der Waals surface area (Å²) in [5.74, 6) is -0.218.